The van der Waals surface area contributed by atoms with Gasteiger partial charge in [0, 0.05) is 43.8 Å². The first kappa shape index (κ1) is 18.3. The minimum atomic E-state index is -0.403. The fourth-order valence-electron chi connectivity index (χ4n) is 2.26. The minimum Gasteiger partial charge on any atom is -0.378 e. The summed E-state index contributed by atoms with van der Waals surface area (Å²) >= 11 is 0. The molecule has 0 saturated heterocycles. The zero-order valence-corrected chi connectivity index (χ0v) is 15.0. The van der Waals surface area contributed by atoms with Gasteiger partial charge in [-0.2, -0.15) is 0 Å². The molecule has 0 spiro atoms. The summed E-state index contributed by atoms with van der Waals surface area (Å²) in [5.41, 5.74) is 3.35. The van der Waals surface area contributed by atoms with Crippen LogP contribution >= 0.6 is 0 Å². The molecule has 6 heteroatoms. The van der Waals surface area contributed by atoms with E-state index in [-0.39, 0.29) is 11.8 Å². The van der Waals surface area contributed by atoms with Crippen LogP contribution in [0.1, 0.15) is 13.8 Å². The van der Waals surface area contributed by atoms with E-state index in [1.165, 1.54) is 6.92 Å². The highest BCUT2D eigenvalue weighted by Crippen LogP contribution is 2.17. The van der Waals surface area contributed by atoms with E-state index >= 15 is 0 Å². The number of hydrogen-bond donors (Lipinski definition) is 3. The second kappa shape index (κ2) is 8.19. The molecule has 6 nitrogen and oxygen atoms in total. The highest BCUT2D eigenvalue weighted by atomic mass is 16.2. The number of carbonyl (C=O) groups excluding carboxylic acids is 2. The summed E-state index contributed by atoms with van der Waals surface area (Å²) in [6, 6.07) is 14.5. The Kier molecular flexibility index (Phi) is 6.00. The summed E-state index contributed by atoms with van der Waals surface area (Å²) in [6.07, 6.45) is 0. The smallest absolute Gasteiger partial charge is 0.246 e. The van der Waals surface area contributed by atoms with Crippen LogP contribution in [0.5, 0.6) is 0 Å². The van der Waals surface area contributed by atoms with E-state index in [9.17, 15) is 9.59 Å². The van der Waals surface area contributed by atoms with Crippen LogP contribution in [0.2, 0.25) is 0 Å². The van der Waals surface area contributed by atoms with Crippen LogP contribution in [0.15, 0.2) is 48.5 Å². The monoisotopic (exact) mass is 340 g/mol. The van der Waals surface area contributed by atoms with Gasteiger partial charge >= 0.3 is 0 Å². The van der Waals surface area contributed by atoms with Gasteiger partial charge in [0.05, 0.1) is 0 Å². The van der Waals surface area contributed by atoms with Crippen LogP contribution in [0.25, 0.3) is 0 Å². The second-order valence-electron chi connectivity index (χ2n) is 6.06. The highest BCUT2D eigenvalue weighted by molar-refractivity contribution is 5.96. The summed E-state index contributed by atoms with van der Waals surface area (Å²) in [5.74, 6) is -0.239. The van der Waals surface area contributed by atoms with Crippen molar-refractivity contribution in [1.29, 1.82) is 0 Å². The number of rotatable bonds is 6. The van der Waals surface area contributed by atoms with Gasteiger partial charge in [-0.05, 0) is 55.5 Å². The Morgan fingerprint density at radius 3 is 1.84 bits per heavy atom. The average Bonchev–Trinajstić information content (AvgIpc) is 2.56. The Hall–Kier alpha value is -3.02. The molecule has 0 aromatic heterocycles. The van der Waals surface area contributed by atoms with Crippen LogP contribution in [0.4, 0.5) is 22.7 Å². The van der Waals surface area contributed by atoms with Crippen molar-refractivity contribution in [3.05, 3.63) is 48.5 Å². The molecule has 2 aromatic carbocycles. The molecule has 0 bridgehead atoms. The van der Waals surface area contributed by atoms with Crippen LogP contribution < -0.4 is 20.9 Å². The number of anilines is 4. The molecular weight excluding hydrogens is 316 g/mol. The molecule has 0 fully saturated rings. The van der Waals surface area contributed by atoms with E-state index < -0.39 is 6.04 Å². The lowest BCUT2D eigenvalue weighted by atomic mass is 10.2. The third kappa shape index (κ3) is 5.53. The zero-order valence-electron chi connectivity index (χ0n) is 15.0. The summed E-state index contributed by atoms with van der Waals surface area (Å²) < 4.78 is 0. The highest BCUT2D eigenvalue weighted by Gasteiger charge is 2.13. The van der Waals surface area contributed by atoms with Crippen LogP contribution in [-0.4, -0.2) is 32.0 Å². The largest absolute Gasteiger partial charge is 0.378 e. The number of amides is 2. The summed E-state index contributed by atoms with van der Waals surface area (Å²) in [6.45, 7) is 3.26. The van der Waals surface area contributed by atoms with Gasteiger partial charge in [0.1, 0.15) is 6.04 Å². The van der Waals surface area contributed by atoms with Gasteiger partial charge in [-0.1, -0.05) is 0 Å². The topological polar surface area (TPSA) is 73.5 Å². The molecule has 132 valence electrons. The van der Waals surface area contributed by atoms with Gasteiger partial charge in [0.25, 0.3) is 0 Å². The van der Waals surface area contributed by atoms with Gasteiger partial charge in [-0.3, -0.25) is 9.59 Å². The number of nitrogens with one attached hydrogen (secondary N) is 3. The first-order chi connectivity index (χ1) is 11.8. The van der Waals surface area contributed by atoms with Crippen molar-refractivity contribution in [2.75, 3.05) is 34.9 Å². The molecule has 0 saturated carbocycles. The van der Waals surface area contributed by atoms with Crippen molar-refractivity contribution >= 4 is 34.6 Å². The van der Waals surface area contributed by atoms with E-state index in [1.54, 1.807) is 19.1 Å². The van der Waals surface area contributed by atoms with Crippen LogP contribution in [-0.2, 0) is 9.59 Å². The molecule has 1 unspecified atom stereocenters. The molecule has 25 heavy (non-hydrogen) atoms. The first-order valence-electron chi connectivity index (χ1n) is 8.07. The summed E-state index contributed by atoms with van der Waals surface area (Å²) in [7, 11) is 3.94. The fraction of sp³-hybridized carbons (Fsp3) is 0.263. The lowest BCUT2D eigenvalue weighted by Gasteiger charge is -2.17. The van der Waals surface area contributed by atoms with E-state index in [0.717, 1.165) is 22.7 Å². The van der Waals surface area contributed by atoms with E-state index in [0.29, 0.717) is 0 Å². The molecule has 3 N–H and O–H groups in total. The number of benzene rings is 2. The van der Waals surface area contributed by atoms with Crippen molar-refractivity contribution in [2.24, 2.45) is 0 Å². The van der Waals surface area contributed by atoms with E-state index in [2.05, 4.69) is 16.0 Å². The Bertz CT molecular complexity index is 724. The van der Waals surface area contributed by atoms with Crippen molar-refractivity contribution < 1.29 is 9.59 Å². The Labute approximate surface area is 148 Å². The van der Waals surface area contributed by atoms with Crippen molar-refractivity contribution in [1.82, 2.24) is 0 Å². The second-order valence-corrected chi connectivity index (χ2v) is 6.06. The molecule has 0 aliphatic rings. The van der Waals surface area contributed by atoms with Gasteiger partial charge in [0.15, 0.2) is 0 Å². The van der Waals surface area contributed by atoms with Gasteiger partial charge in [0.2, 0.25) is 11.8 Å². The van der Waals surface area contributed by atoms with Crippen LogP contribution in [0.3, 0.4) is 0 Å². The van der Waals surface area contributed by atoms with Crippen molar-refractivity contribution in [2.45, 2.75) is 19.9 Å². The quantitative estimate of drug-likeness (QED) is 0.755. The number of carbonyl (C=O) groups is 2. The van der Waals surface area contributed by atoms with E-state index in [4.69, 9.17) is 0 Å². The first-order valence-corrected chi connectivity index (χ1v) is 8.07. The Morgan fingerprint density at radius 2 is 1.32 bits per heavy atom. The molecule has 0 aliphatic heterocycles. The van der Waals surface area contributed by atoms with Gasteiger partial charge in [-0.15, -0.1) is 0 Å². The molecule has 2 aromatic rings. The third-order valence-electron chi connectivity index (χ3n) is 3.63. The molecule has 0 heterocycles. The third-order valence-corrected chi connectivity index (χ3v) is 3.63. The van der Waals surface area contributed by atoms with Crippen molar-refractivity contribution in [3.8, 4) is 0 Å². The molecular formula is C19H24N4O2. The number of hydrogen-bond acceptors (Lipinski definition) is 4. The fourth-order valence-corrected chi connectivity index (χ4v) is 2.26. The van der Waals surface area contributed by atoms with Gasteiger partial charge < -0.3 is 20.9 Å². The number of nitrogens with zero attached hydrogens (tertiary/aromatic N) is 1. The van der Waals surface area contributed by atoms with Crippen molar-refractivity contribution in [3.63, 3.8) is 0 Å². The Balaban J connectivity index is 1.92. The maximum Gasteiger partial charge on any atom is 0.246 e. The molecule has 0 aliphatic carbocycles. The predicted octanol–water partition coefficient (Wildman–Crippen LogP) is 3.15. The SMILES string of the molecule is CC(=O)Nc1ccc(NC(C)C(=O)Nc2ccc(N(C)C)cc2)cc1. The standard InChI is InChI=1S/C19H24N4O2/c1-13(20-15-5-7-16(8-6-15)21-14(2)24)19(25)22-17-9-11-18(12-10-17)23(3)4/h5-13,20H,1-4H3,(H,21,24)(H,22,25). The molecule has 1 atom stereocenters. The predicted molar refractivity (Wildman–Crippen MR) is 103 cm³/mol. The maximum atomic E-state index is 12.3. The summed E-state index contributed by atoms with van der Waals surface area (Å²) in [4.78, 5) is 25.3. The molecule has 2 rings (SSSR count). The minimum absolute atomic E-state index is 0.117. The lowest BCUT2D eigenvalue weighted by Crippen LogP contribution is -2.31. The Morgan fingerprint density at radius 1 is 0.840 bits per heavy atom. The van der Waals surface area contributed by atoms with E-state index in [1.807, 2.05) is 55.4 Å². The summed E-state index contributed by atoms with van der Waals surface area (Å²) in [5, 5.41) is 8.73. The van der Waals surface area contributed by atoms with Crippen LogP contribution in [0, 0.1) is 0 Å². The lowest BCUT2D eigenvalue weighted by molar-refractivity contribution is -0.116. The zero-order chi connectivity index (χ0) is 18.4. The maximum absolute atomic E-state index is 12.3. The van der Waals surface area contributed by atoms with Gasteiger partial charge in [-0.25, -0.2) is 0 Å². The average molecular weight is 340 g/mol. The normalized spacial score (nSPS) is 11.4. The molecule has 2 amide bonds. The molecule has 0 radical (unpaired) electrons.